The van der Waals surface area contributed by atoms with Gasteiger partial charge in [-0.25, -0.2) is 0 Å². The highest BCUT2D eigenvalue weighted by atomic mass is 16.5. The van der Waals surface area contributed by atoms with Crippen molar-refractivity contribution in [2.75, 3.05) is 51.3 Å². The van der Waals surface area contributed by atoms with Crippen LogP contribution in [0.15, 0.2) is 24.3 Å². The molecule has 4 heteroatoms. The molecule has 1 fully saturated rings. The Morgan fingerprint density at radius 1 is 1.19 bits per heavy atom. The molecule has 0 spiro atoms. The van der Waals surface area contributed by atoms with Crippen molar-refractivity contribution in [3.63, 3.8) is 0 Å². The predicted molar refractivity (Wildman–Crippen MR) is 89.4 cm³/mol. The molecule has 1 aliphatic heterocycles. The first kappa shape index (κ1) is 16.1. The van der Waals surface area contributed by atoms with E-state index < -0.39 is 0 Å². The van der Waals surface area contributed by atoms with E-state index in [1.165, 1.54) is 12.1 Å². The van der Waals surface area contributed by atoms with Crippen LogP contribution >= 0.6 is 0 Å². The second-order valence-electron chi connectivity index (χ2n) is 5.75. The van der Waals surface area contributed by atoms with Gasteiger partial charge in [-0.05, 0) is 32.0 Å². The molecular formula is C17H29N3O. The second kappa shape index (κ2) is 8.25. The lowest BCUT2D eigenvalue weighted by atomic mass is 10.2. The average molecular weight is 291 g/mol. The molecule has 0 aromatic heterocycles. The van der Waals surface area contributed by atoms with Crippen LogP contribution in [-0.2, 0) is 0 Å². The third-order valence-electron chi connectivity index (χ3n) is 4.23. The van der Waals surface area contributed by atoms with Crippen LogP contribution in [-0.4, -0.2) is 57.3 Å². The minimum absolute atomic E-state index is 0.608. The van der Waals surface area contributed by atoms with E-state index in [2.05, 4.69) is 41.1 Å². The topological polar surface area (TPSA) is 27.7 Å². The van der Waals surface area contributed by atoms with E-state index >= 15 is 0 Å². The summed E-state index contributed by atoms with van der Waals surface area (Å²) < 4.78 is 5.47. The summed E-state index contributed by atoms with van der Waals surface area (Å²) in [5.74, 6) is 0.976. The van der Waals surface area contributed by atoms with Gasteiger partial charge in [0.25, 0.3) is 0 Å². The van der Waals surface area contributed by atoms with Crippen molar-refractivity contribution in [1.29, 1.82) is 0 Å². The van der Waals surface area contributed by atoms with Gasteiger partial charge in [0.2, 0.25) is 0 Å². The van der Waals surface area contributed by atoms with E-state index in [4.69, 9.17) is 4.74 Å². The molecule has 0 aliphatic carbocycles. The molecule has 0 radical (unpaired) electrons. The number of nitrogens with one attached hydrogen (secondary N) is 1. The molecule has 4 nitrogen and oxygen atoms in total. The second-order valence-corrected chi connectivity index (χ2v) is 5.75. The van der Waals surface area contributed by atoms with Crippen LogP contribution in [0, 0.1) is 0 Å². The maximum absolute atomic E-state index is 5.47. The summed E-state index contributed by atoms with van der Waals surface area (Å²) in [6, 6.07) is 8.91. The molecule has 2 rings (SSSR count). The van der Waals surface area contributed by atoms with E-state index in [1.54, 1.807) is 7.11 Å². The summed E-state index contributed by atoms with van der Waals surface area (Å²) in [4.78, 5) is 5.01. The van der Waals surface area contributed by atoms with Gasteiger partial charge in [-0.15, -0.1) is 0 Å². The minimum atomic E-state index is 0.608. The number of anilines is 1. The highest BCUT2D eigenvalue weighted by molar-refractivity contribution is 5.58. The highest BCUT2D eigenvalue weighted by Crippen LogP contribution is 2.28. The highest BCUT2D eigenvalue weighted by Gasteiger charge is 2.22. The number of hydrogen-bond donors (Lipinski definition) is 1. The van der Waals surface area contributed by atoms with Gasteiger partial charge >= 0.3 is 0 Å². The van der Waals surface area contributed by atoms with Crippen molar-refractivity contribution in [3.05, 3.63) is 24.3 Å². The third-order valence-corrected chi connectivity index (χ3v) is 4.23. The van der Waals surface area contributed by atoms with E-state index in [9.17, 15) is 0 Å². The van der Waals surface area contributed by atoms with Crippen molar-refractivity contribution in [2.45, 2.75) is 26.3 Å². The quantitative estimate of drug-likeness (QED) is 0.780. The third kappa shape index (κ3) is 4.35. The number of piperazine rings is 1. The van der Waals surface area contributed by atoms with Crippen LogP contribution < -0.4 is 15.0 Å². The molecule has 21 heavy (non-hydrogen) atoms. The van der Waals surface area contributed by atoms with Gasteiger partial charge in [-0.2, -0.15) is 0 Å². The maximum Gasteiger partial charge on any atom is 0.142 e. The zero-order valence-electron chi connectivity index (χ0n) is 13.6. The maximum atomic E-state index is 5.47. The van der Waals surface area contributed by atoms with Gasteiger partial charge in [0.15, 0.2) is 0 Å². The fourth-order valence-corrected chi connectivity index (χ4v) is 2.91. The normalized spacial score (nSPS) is 17.8. The van der Waals surface area contributed by atoms with Gasteiger partial charge in [0.1, 0.15) is 5.75 Å². The fourth-order valence-electron chi connectivity index (χ4n) is 2.91. The molecule has 1 unspecified atom stereocenters. The van der Waals surface area contributed by atoms with Crippen LogP contribution in [0.4, 0.5) is 5.69 Å². The monoisotopic (exact) mass is 291 g/mol. The van der Waals surface area contributed by atoms with Crippen LogP contribution in [0.1, 0.15) is 20.3 Å². The zero-order valence-corrected chi connectivity index (χ0v) is 13.6. The number of benzene rings is 1. The van der Waals surface area contributed by atoms with Crippen molar-refractivity contribution < 1.29 is 4.74 Å². The summed E-state index contributed by atoms with van der Waals surface area (Å²) >= 11 is 0. The molecule has 1 saturated heterocycles. The summed E-state index contributed by atoms with van der Waals surface area (Å²) in [6.45, 7) is 11.1. The van der Waals surface area contributed by atoms with Gasteiger partial charge in [0, 0.05) is 38.8 Å². The largest absolute Gasteiger partial charge is 0.495 e. The Morgan fingerprint density at radius 3 is 2.57 bits per heavy atom. The van der Waals surface area contributed by atoms with Crippen LogP contribution in [0.3, 0.4) is 0 Å². The van der Waals surface area contributed by atoms with E-state index in [-0.39, 0.29) is 0 Å². The average Bonchev–Trinajstić information content (AvgIpc) is 2.55. The minimum Gasteiger partial charge on any atom is -0.495 e. The summed E-state index contributed by atoms with van der Waals surface area (Å²) in [6.07, 6.45) is 1.20. The van der Waals surface area contributed by atoms with Gasteiger partial charge < -0.3 is 15.0 Å². The van der Waals surface area contributed by atoms with Crippen molar-refractivity contribution >= 4 is 5.69 Å². The van der Waals surface area contributed by atoms with E-state index in [1.807, 2.05) is 12.1 Å². The summed E-state index contributed by atoms with van der Waals surface area (Å²) in [7, 11) is 1.75. The zero-order chi connectivity index (χ0) is 15.1. The SMILES string of the molecule is CCCNCC(C)N1CCN(c2ccccc2OC)CC1. The molecular weight excluding hydrogens is 262 g/mol. The number of methoxy groups -OCH3 is 1. The number of hydrogen-bond acceptors (Lipinski definition) is 4. The molecule has 0 saturated carbocycles. The summed E-state index contributed by atoms with van der Waals surface area (Å²) in [5.41, 5.74) is 1.22. The molecule has 1 heterocycles. The fraction of sp³-hybridized carbons (Fsp3) is 0.647. The van der Waals surface area contributed by atoms with Crippen molar-refractivity contribution in [1.82, 2.24) is 10.2 Å². The van der Waals surface area contributed by atoms with E-state index in [0.29, 0.717) is 6.04 Å². The Labute approximate surface area is 129 Å². The van der Waals surface area contributed by atoms with Crippen LogP contribution in [0.2, 0.25) is 0 Å². The Morgan fingerprint density at radius 2 is 1.90 bits per heavy atom. The first-order valence-corrected chi connectivity index (χ1v) is 8.09. The molecule has 1 aliphatic rings. The Bertz CT molecular complexity index is 416. The smallest absolute Gasteiger partial charge is 0.142 e. The van der Waals surface area contributed by atoms with Gasteiger partial charge in [0.05, 0.1) is 12.8 Å². The Balaban J connectivity index is 1.85. The van der Waals surface area contributed by atoms with Gasteiger partial charge in [-0.3, -0.25) is 4.90 Å². The summed E-state index contributed by atoms with van der Waals surface area (Å²) in [5, 5.41) is 3.52. The molecule has 118 valence electrons. The van der Waals surface area contributed by atoms with Crippen LogP contribution in [0.5, 0.6) is 5.75 Å². The van der Waals surface area contributed by atoms with Crippen molar-refractivity contribution in [3.8, 4) is 5.75 Å². The van der Waals surface area contributed by atoms with Crippen LogP contribution in [0.25, 0.3) is 0 Å². The Kier molecular flexibility index (Phi) is 6.33. The number of rotatable bonds is 7. The first-order valence-electron chi connectivity index (χ1n) is 8.09. The Hall–Kier alpha value is -1.26. The first-order chi connectivity index (χ1) is 10.3. The molecule has 1 N–H and O–H groups in total. The lowest BCUT2D eigenvalue weighted by Gasteiger charge is -2.39. The molecule has 0 bridgehead atoms. The standard InChI is InChI=1S/C17H29N3O/c1-4-9-18-14-15(2)19-10-12-20(13-11-19)16-7-5-6-8-17(16)21-3/h5-8,15,18H,4,9-14H2,1-3H3. The lowest BCUT2D eigenvalue weighted by molar-refractivity contribution is 0.193. The lowest BCUT2D eigenvalue weighted by Crippen LogP contribution is -2.52. The molecule has 1 atom stereocenters. The van der Waals surface area contributed by atoms with Crippen molar-refractivity contribution in [2.24, 2.45) is 0 Å². The molecule has 0 amide bonds. The molecule has 1 aromatic carbocycles. The van der Waals surface area contributed by atoms with Gasteiger partial charge in [-0.1, -0.05) is 19.1 Å². The number of ether oxygens (including phenoxy) is 1. The number of para-hydroxylation sites is 2. The molecule has 1 aromatic rings. The predicted octanol–water partition coefficient (Wildman–Crippen LogP) is 2.21. The number of nitrogens with zero attached hydrogens (tertiary/aromatic N) is 2. The van der Waals surface area contributed by atoms with E-state index in [0.717, 1.165) is 45.0 Å².